The zero-order valence-electron chi connectivity index (χ0n) is 13.1. The van der Waals surface area contributed by atoms with E-state index in [4.69, 9.17) is 16.1 Å². The molecule has 4 rings (SSSR count). The van der Waals surface area contributed by atoms with Crippen molar-refractivity contribution in [1.82, 2.24) is 15.1 Å². The molecule has 0 amide bonds. The van der Waals surface area contributed by atoms with Crippen molar-refractivity contribution in [2.45, 2.75) is 6.92 Å². The Kier molecular flexibility index (Phi) is 3.82. The fraction of sp³-hybridized carbons (Fsp3) is 0.0556. The van der Waals surface area contributed by atoms with Crippen molar-refractivity contribution in [3.05, 3.63) is 65.2 Å². The molecule has 124 valence electrons. The van der Waals surface area contributed by atoms with Gasteiger partial charge in [0.15, 0.2) is 0 Å². The summed E-state index contributed by atoms with van der Waals surface area (Å²) in [6.45, 7) is 1.93. The van der Waals surface area contributed by atoms with Crippen LogP contribution in [0.5, 0.6) is 0 Å². The Balaban J connectivity index is 1.82. The summed E-state index contributed by atoms with van der Waals surface area (Å²) in [5.41, 5.74) is 3.35. The van der Waals surface area contributed by atoms with Gasteiger partial charge in [0, 0.05) is 16.3 Å². The van der Waals surface area contributed by atoms with E-state index in [9.17, 15) is 4.39 Å². The van der Waals surface area contributed by atoms with E-state index in [0.29, 0.717) is 33.2 Å². The fourth-order valence-electron chi connectivity index (χ4n) is 2.49. The molecule has 0 radical (unpaired) electrons. The van der Waals surface area contributed by atoms with Gasteiger partial charge in [-0.05, 0) is 48.9 Å². The summed E-state index contributed by atoms with van der Waals surface area (Å²) in [4.78, 5) is 8.39. The molecule has 25 heavy (non-hydrogen) atoms. The monoisotopic (exact) mass is 354 g/mol. The highest BCUT2D eigenvalue weighted by Crippen LogP contribution is 2.33. The van der Waals surface area contributed by atoms with Gasteiger partial charge in [0.2, 0.25) is 0 Å². The van der Waals surface area contributed by atoms with Crippen molar-refractivity contribution >= 4 is 34.2 Å². The summed E-state index contributed by atoms with van der Waals surface area (Å²) in [5.74, 6) is 0.214. The van der Waals surface area contributed by atoms with Gasteiger partial charge in [-0.25, -0.2) is 9.37 Å². The molecule has 0 saturated heterocycles. The molecular weight excluding hydrogens is 343 g/mol. The zero-order chi connectivity index (χ0) is 17.4. The molecule has 1 N–H and O–H groups in total. The summed E-state index contributed by atoms with van der Waals surface area (Å²) in [5, 5.41) is 8.54. The number of rotatable bonds is 3. The van der Waals surface area contributed by atoms with E-state index in [0.717, 1.165) is 11.3 Å². The first-order valence-corrected chi connectivity index (χ1v) is 7.89. The van der Waals surface area contributed by atoms with Crippen LogP contribution in [0, 0.1) is 12.7 Å². The minimum atomic E-state index is -0.319. The lowest BCUT2D eigenvalue weighted by atomic mass is 10.1. The number of anilines is 2. The van der Waals surface area contributed by atoms with Gasteiger partial charge in [-0.15, -0.1) is 0 Å². The lowest BCUT2D eigenvalue weighted by molar-refractivity contribution is 0.451. The molecule has 0 aliphatic heterocycles. The molecule has 0 spiro atoms. The molecule has 7 heteroatoms. The van der Waals surface area contributed by atoms with Crippen molar-refractivity contribution in [2.24, 2.45) is 0 Å². The second-order valence-corrected chi connectivity index (χ2v) is 5.94. The molecule has 0 unspecified atom stereocenters. The molecule has 0 bridgehead atoms. The molecule has 0 fully saturated rings. The van der Waals surface area contributed by atoms with Gasteiger partial charge in [0.25, 0.3) is 5.71 Å². The van der Waals surface area contributed by atoms with Crippen molar-refractivity contribution in [3.8, 4) is 11.3 Å². The smallest absolute Gasteiger partial charge is 0.263 e. The number of aromatic nitrogens is 3. The van der Waals surface area contributed by atoms with E-state index < -0.39 is 0 Å². The van der Waals surface area contributed by atoms with Crippen LogP contribution in [0.15, 0.2) is 53.3 Å². The van der Waals surface area contributed by atoms with Crippen LogP contribution in [-0.2, 0) is 0 Å². The van der Waals surface area contributed by atoms with E-state index in [1.807, 2.05) is 25.1 Å². The molecule has 5 nitrogen and oxygen atoms in total. The molecule has 2 aromatic carbocycles. The largest absolute Gasteiger partial charge is 0.339 e. The van der Waals surface area contributed by atoms with Crippen molar-refractivity contribution in [3.63, 3.8) is 0 Å². The highest BCUT2D eigenvalue weighted by atomic mass is 35.5. The van der Waals surface area contributed by atoms with E-state index >= 15 is 0 Å². The number of nitrogens with one attached hydrogen (secondary N) is 1. The topological polar surface area (TPSA) is 63.8 Å². The maximum absolute atomic E-state index is 13.2. The Morgan fingerprint density at radius 1 is 1.08 bits per heavy atom. The molecule has 0 saturated carbocycles. The van der Waals surface area contributed by atoms with Crippen LogP contribution in [-0.4, -0.2) is 15.1 Å². The Labute approximate surface area is 147 Å². The second-order valence-electron chi connectivity index (χ2n) is 5.53. The van der Waals surface area contributed by atoms with Gasteiger partial charge in [-0.2, -0.15) is 4.98 Å². The minimum Gasteiger partial charge on any atom is -0.339 e. The van der Waals surface area contributed by atoms with Crippen LogP contribution >= 0.6 is 11.6 Å². The number of halogens is 2. The van der Waals surface area contributed by atoms with Gasteiger partial charge in [-0.3, -0.25) is 0 Å². The van der Waals surface area contributed by atoms with Gasteiger partial charge >= 0.3 is 0 Å². The van der Waals surface area contributed by atoms with Crippen molar-refractivity contribution < 1.29 is 8.91 Å². The first kappa shape index (κ1) is 15.5. The van der Waals surface area contributed by atoms with E-state index in [2.05, 4.69) is 20.4 Å². The van der Waals surface area contributed by atoms with E-state index in [1.165, 1.54) is 18.5 Å². The molecule has 4 aromatic rings. The van der Waals surface area contributed by atoms with Crippen LogP contribution < -0.4 is 5.32 Å². The number of hydrogen-bond acceptors (Lipinski definition) is 5. The third kappa shape index (κ3) is 2.92. The zero-order valence-corrected chi connectivity index (χ0v) is 13.9. The first-order valence-electron chi connectivity index (χ1n) is 7.51. The molecule has 2 aromatic heterocycles. The van der Waals surface area contributed by atoms with Crippen LogP contribution in [0.1, 0.15) is 5.56 Å². The summed E-state index contributed by atoms with van der Waals surface area (Å²) in [7, 11) is 0. The Morgan fingerprint density at radius 3 is 2.64 bits per heavy atom. The molecule has 2 heterocycles. The Hall–Kier alpha value is -2.99. The van der Waals surface area contributed by atoms with Crippen molar-refractivity contribution in [2.75, 3.05) is 5.32 Å². The third-order valence-corrected chi connectivity index (χ3v) is 4.23. The maximum Gasteiger partial charge on any atom is 0.263 e. The second kappa shape index (κ2) is 6.14. The summed E-state index contributed by atoms with van der Waals surface area (Å²) in [6, 6.07) is 11.6. The number of fused-ring (bicyclic) bond motifs is 1. The standard InChI is InChI=1S/C18H12ClFN4O/c1-10-2-7-13(8-14(10)19)23-17-15-16(11-3-5-12(20)6-4-11)24-25-18(15)22-9-21-17/h2-9H,1H3,(H,21,22,23). The van der Waals surface area contributed by atoms with Crippen LogP contribution in [0.4, 0.5) is 15.9 Å². The average Bonchev–Trinajstić information content (AvgIpc) is 3.04. The van der Waals surface area contributed by atoms with Crippen molar-refractivity contribution in [1.29, 1.82) is 0 Å². The third-order valence-electron chi connectivity index (χ3n) is 3.82. The van der Waals surface area contributed by atoms with Gasteiger partial charge in [-0.1, -0.05) is 22.8 Å². The van der Waals surface area contributed by atoms with E-state index in [1.54, 1.807) is 12.1 Å². The highest BCUT2D eigenvalue weighted by Gasteiger charge is 2.17. The number of aryl methyl sites for hydroxylation is 1. The maximum atomic E-state index is 13.2. The molecule has 0 aliphatic carbocycles. The minimum absolute atomic E-state index is 0.319. The lowest BCUT2D eigenvalue weighted by Crippen LogP contribution is -1.96. The Bertz CT molecular complexity index is 1060. The SMILES string of the molecule is Cc1ccc(Nc2ncnc3onc(-c4ccc(F)cc4)c23)cc1Cl. The van der Waals surface area contributed by atoms with Crippen LogP contribution in [0.3, 0.4) is 0 Å². The highest BCUT2D eigenvalue weighted by molar-refractivity contribution is 6.31. The van der Waals surface area contributed by atoms with E-state index in [-0.39, 0.29) is 5.82 Å². The molecule has 0 atom stereocenters. The molecule has 0 aliphatic rings. The van der Waals surface area contributed by atoms with Crippen LogP contribution in [0.2, 0.25) is 5.02 Å². The van der Waals surface area contributed by atoms with Gasteiger partial charge in [0.05, 0.1) is 0 Å². The Morgan fingerprint density at radius 2 is 1.88 bits per heavy atom. The average molecular weight is 355 g/mol. The summed E-state index contributed by atoms with van der Waals surface area (Å²) in [6.07, 6.45) is 1.39. The van der Waals surface area contributed by atoms with Crippen LogP contribution in [0.25, 0.3) is 22.4 Å². The fourth-order valence-corrected chi connectivity index (χ4v) is 2.67. The van der Waals surface area contributed by atoms with Gasteiger partial charge in [0.1, 0.15) is 29.0 Å². The normalized spacial score (nSPS) is 11.0. The first-order chi connectivity index (χ1) is 12.1. The predicted molar refractivity (Wildman–Crippen MR) is 94.5 cm³/mol. The number of nitrogens with zero attached hydrogens (tertiary/aromatic N) is 3. The summed E-state index contributed by atoms with van der Waals surface area (Å²) < 4.78 is 18.5. The van der Waals surface area contributed by atoms with Gasteiger partial charge < -0.3 is 9.84 Å². The lowest BCUT2D eigenvalue weighted by Gasteiger charge is -2.08. The quantitative estimate of drug-likeness (QED) is 0.552. The number of benzene rings is 2. The molecular formula is C18H12ClFN4O. The predicted octanol–water partition coefficient (Wildman–Crippen LogP) is 5.13. The summed E-state index contributed by atoms with van der Waals surface area (Å²) >= 11 is 6.18. The number of hydrogen-bond donors (Lipinski definition) is 1.